The maximum atomic E-state index is 11.8. The minimum absolute atomic E-state index is 0.211. The number of carbonyl (C=O) groups is 2. The van der Waals surface area contributed by atoms with Gasteiger partial charge in [0.05, 0.1) is 0 Å². The average molecular weight is 289 g/mol. The van der Waals surface area contributed by atoms with Crippen molar-refractivity contribution in [1.82, 2.24) is 5.32 Å². The lowest BCUT2D eigenvalue weighted by Gasteiger charge is -2.21. The number of urea groups is 1. The number of anilines is 1. The van der Waals surface area contributed by atoms with Crippen LogP contribution in [0.25, 0.3) is 0 Å². The van der Waals surface area contributed by atoms with Crippen molar-refractivity contribution in [2.24, 2.45) is 11.7 Å². The van der Waals surface area contributed by atoms with Gasteiger partial charge in [-0.2, -0.15) is 0 Å². The van der Waals surface area contributed by atoms with Crippen LogP contribution < -0.4 is 16.4 Å². The van der Waals surface area contributed by atoms with Gasteiger partial charge < -0.3 is 16.4 Å². The monoisotopic (exact) mass is 289 g/mol. The Balaban J connectivity index is 1.70. The number of nitrogens with one attached hydrogen (secondary N) is 2. The third-order valence-electron chi connectivity index (χ3n) is 3.99. The Morgan fingerprint density at radius 1 is 1.10 bits per heavy atom. The van der Waals surface area contributed by atoms with Crippen LogP contribution in [0.5, 0.6) is 0 Å². The van der Waals surface area contributed by atoms with Gasteiger partial charge in [-0.05, 0) is 36.6 Å². The van der Waals surface area contributed by atoms with Crippen LogP contribution >= 0.6 is 0 Å². The van der Waals surface area contributed by atoms with Crippen molar-refractivity contribution in [3.05, 3.63) is 29.8 Å². The summed E-state index contributed by atoms with van der Waals surface area (Å²) in [6.45, 7) is 0.704. The largest absolute Gasteiger partial charge is 0.366 e. The summed E-state index contributed by atoms with van der Waals surface area (Å²) in [4.78, 5) is 22.7. The summed E-state index contributed by atoms with van der Waals surface area (Å²) >= 11 is 0. The molecule has 1 aliphatic carbocycles. The Morgan fingerprint density at radius 3 is 2.38 bits per heavy atom. The predicted octanol–water partition coefficient (Wildman–Crippen LogP) is 2.88. The summed E-state index contributed by atoms with van der Waals surface area (Å²) in [5.74, 6) is 0.285. The van der Waals surface area contributed by atoms with Crippen LogP contribution in [0.15, 0.2) is 24.3 Å². The summed E-state index contributed by atoms with van der Waals surface area (Å²) in [6, 6.07) is 6.32. The van der Waals surface area contributed by atoms with E-state index in [2.05, 4.69) is 10.6 Å². The van der Waals surface area contributed by atoms with Gasteiger partial charge in [-0.25, -0.2) is 4.79 Å². The number of nitrogens with two attached hydrogens (primary N) is 1. The molecular weight excluding hydrogens is 266 g/mol. The molecule has 1 aromatic rings. The molecule has 1 aliphatic rings. The molecule has 1 aromatic carbocycles. The fourth-order valence-corrected chi connectivity index (χ4v) is 2.76. The molecule has 0 saturated heterocycles. The molecule has 21 heavy (non-hydrogen) atoms. The van der Waals surface area contributed by atoms with Crippen molar-refractivity contribution in [1.29, 1.82) is 0 Å². The van der Waals surface area contributed by atoms with E-state index in [1.54, 1.807) is 24.3 Å². The van der Waals surface area contributed by atoms with E-state index in [-0.39, 0.29) is 6.03 Å². The van der Waals surface area contributed by atoms with Gasteiger partial charge in [-0.1, -0.05) is 32.1 Å². The minimum Gasteiger partial charge on any atom is -0.366 e. The quantitative estimate of drug-likeness (QED) is 0.778. The molecule has 114 valence electrons. The van der Waals surface area contributed by atoms with Gasteiger partial charge in [-0.15, -0.1) is 0 Å². The Kier molecular flexibility index (Phi) is 5.60. The molecule has 0 spiro atoms. The fourth-order valence-electron chi connectivity index (χ4n) is 2.76. The van der Waals surface area contributed by atoms with Gasteiger partial charge in [0.15, 0.2) is 0 Å². The van der Waals surface area contributed by atoms with Crippen molar-refractivity contribution >= 4 is 17.6 Å². The van der Waals surface area contributed by atoms with E-state index in [9.17, 15) is 9.59 Å². The lowest BCUT2D eigenvalue weighted by molar-refractivity contribution is 0.100. The number of amides is 3. The number of rotatable bonds is 5. The molecule has 0 atom stereocenters. The third-order valence-corrected chi connectivity index (χ3v) is 3.99. The van der Waals surface area contributed by atoms with Crippen molar-refractivity contribution in [2.45, 2.75) is 38.5 Å². The molecule has 0 unspecified atom stereocenters. The maximum absolute atomic E-state index is 11.8. The minimum atomic E-state index is -0.474. The molecule has 1 fully saturated rings. The SMILES string of the molecule is NC(=O)c1ccc(NC(=O)NCCC2CCCCC2)cc1. The predicted molar refractivity (Wildman–Crippen MR) is 83.2 cm³/mol. The second-order valence-electron chi connectivity index (χ2n) is 5.62. The van der Waals surface area contributed by atoms with E-state index in [0.717, 1.165) is 12.3 Å². The molecule has 5 nitrogen and oxygen atoms in total. The van der Waals surface area contributed by atoms with Gasteiger partial charge in [0.1, 0.15) is 0 Å². The fraction of sp³-hybridized carbons (Fsp3) is 0.500. The summed E-state index contributed by atoms with van der Waals surface area (Å²) in [5.41, 5.74) is 6.24. The van der Waals surface area contributed by atoms with Gasteiger partial charge >= 0.3 is 6.03 Å². The number of benzene rings is 1. The van der Waals surface area contributed by atoms with Crippen LogP contribution in [-0.4, -0.2) is 18.5 Å². The average Bonchev–Trinajstić information content (AvgIpc) is 2.49. The second kappa shape index (κ2) is 7.67. The summed E-state index contributed by atoms with van der Waals surface area (Å²) in [7, 11) is 0. The van der Waals surface area contributed by atoms with Crippen molar-refractivity contribution in [2.75, 3.05) is 11.9 Å². The second-order valence-corrected chi connectivity index (χ2v) is 5.62. The molecule has 0 aliphatic heterocycles. The molecule has 0 heterocycles. The Labute approximate surface area is 125 Å². The molecule has 3 amide bonds. The van der Waals surface area contributed by atoms with Crippen molar-refractivity contribution in [3.63, 3.8) is 0 Å². The van der Waals surface area contributed by atoms with E-state index >= 15 is 0 Å². The molecule has 5 heteroatoms. The molecule has 1 saturated carbocycles. The van der Waals surface area contributed by atoms with Crippen LogP contribution in [0.2, 0.25) is 0 Å². The molecule has 0 radical (unpaired) electrons. The van der Waals surface area contributed by atoms with Crippen molar-refractivity contribution in [3.8, 4) is 0 Å². The van der Waals surface area contributed by atoms with Crippen LogP contribution in [0.4, 0.5) is 10.5 Å². The molecule has 0 aromatic heterocycles. The Bertz CT molecular complexity index is 479. The van der Waals surface area contributed by atoms with Gasteiger partial charge in [0.2, 0.25) is 5.91 Å². The molecule has 0 bridgehead atoms. The lowest BCUT2D eigenvalue weighted by atomic mass is 9.87. The molecular formula is C16H23N3O2. The van der Waals surface area contributed by atoms with Gasteiger partial charge in [0, 0.05) is 17.8 Å². The smallest absolute Gasteiger partial charge is 0.319 e. The first-order chi connectivity index (χ1) is 10.1. The standard InChI is InChI=1S/C16H23N3O2/c17-15(20)13-6-8-14(9-7-13)19-16(21)18-11-10-12-4-2-1-3-5-12/h6-9,12H,1-5,10-11H2,(H2,17,20)(H2,18,19,21). The lowest BCUT2D eigenvalue weighted by Crippen LogP contribution is -2.30. The number of primary amides is 1. The number of hydrogen-bond acceptors (Lipinski definition) is 2. The summed E-state index contributed by atoms with van der Waals surface area (Å²) in [6.07, 6.45) is 7.63. The molecule has 2 rings (SSSR count). The van der Waals surface area contributed by atoms with E-state index in [0.29, 0.717) is 17.8 Å². The normalized spacial score (nSPS) is 15.4. The van der Waals surface area contributed by atoms with Gasteiger partial charge in [-0.3, -0.25) is 4.79 Å². The number of hydrogen-bond donors (Lipinski definition) is 3. The number of carbonyl (C=O) groups excluding carboxylic acids is 2. The highest BCUT2D eigenvalue weighted by Crippen LogP contribution is 2.25. The van der Waals surface area contributed by atoms with E-state index < -0.39 is 5.91 Å². The highest BCUT2D eigenvalue weighted by Gasteiger charge is 2.13. The first-order valence-corrected chi connectivity index (χ1v) is 7.60. The zero-order chi connectivity index (χ0) is 15.1. The first-order valence-electron chi connectivity index (χ1n) is 7.60. The summed E-state index contributed by atoms with van der Waals surface area (Å²) < 4.78 is 0. The molecule has 4 N–H and O–H groups in total. The highest BCUT2D eigenvalue weighted by atomic mass is 16.2. The Hall–Kier alpha value is -2.04. The van der Waals surface area contributed by atoms with E-state index in [4.69, 9.17) is 5.73 Å². The van der Waals surface area contributed by atoms with E-state index in [1.807, 2.05) is 0 Å². The van der Waals surface area contributed by atoms with Gasteiger partial charge in [0.25, 0.3) is 0 Å². The third kappa shape index (κ3) is 5.10. The van der Waals surface area contributed by atoms with Crippen molar-refractivity contribution < 1.29 is 9.59 Å². The topological polar surface area (TPSA) is 84.2 Å². The van der Waals surface area contributed by atoms with E-state index in [1.165, 1.54) is 32.1 Å². The maximum Gasteiger partial charge on any atom is 0.319 e. The van der Waals surface area contributed by atoms with Crippen LogP contribution in [0.3, 0.4) is 0 Å². The summed E-state index contributed by atoms with van der Waals surface area (Å²) in [5, 5.41) is 5.62. The highest BCUT2D eigenvalue weighted by molar-refractivity contribution is 5.94. The van der Waals surface area contributed by atoms with Crippen LogP contribution in [-0.2, 0) is 0 Å². The Morgan fingerprint density at radius 2 is 1.76 bits per heavy atom. The van der Waals surface area contributed by atoms with Crippen LogP contribution in [0.1, 0.15) is 48.9 Å². The first kappa shape index (κ1) is 15.4. The van der Waals surface area contributed by atoms with Crippen LogP contribution in [0, 0.1) is 5.92 Å². The zero-order valence-corrected chi connectivity index (χ0v) is 12.2. The zero-order valence-electron chi connectivity index (χ0n) is 12.2.